The molecule has 2 unspecified atom stereocenters. The van der Waals surface area contributed by atoms with Crippen LogP contribution in [0, 0.1) is 10.8 Å². The minimum absolute atomic E-state index is 0.193. The predicted octanol–water partition coefficient (Wildman–Crippen LogP) is 1.08. The van der Waals surface area contributed by atoms with Crippen molar-refractivity contribution in [3.8, 4) is 0 Å². The molecule has 3 atom stereocenters. The van der Waals surface area contributed by atoms with Gasteiger partial charge in [-0.25, -0.2) is 4.79 Å². The number of carbonyl (C=O) groups excluding carboxylic acids is 3. The van der Waals surface area contributed by atoms with Crippen molar-refractivity contribution in [1.29, 1.82) is 0 Å². The Labute approximate surface area is 161 Å². The van der Waals surface area contributed by atoms with Crippen LogP contribution in [0.15, 0.2) is 59.4 Å². The number of likely N-dealkylation sites (N-methyl/N-ethyl adjacent to an activating group) is 1. The minimum atomic E-state index is -1.20. The van der Waals surface area contributed by atoms with E-state index in [9.17, 15) is 19.3 Å². The molecule has 1 saturated heterocycles. The summed E-state index contributed by atoms with van der Waals surface area (Å²) < 4.78 is 0. The molecule has 2 aliphatic heterocycles. The SMILES string of the molecule is CN1C=CC(C[C@H]2C(=O)N(C(=O)NCc3ccccc3)C2C(=O)N=O)=CC1N. The summed E-state index contributed by atoms with van der Waals surface area (Å²) in [5, 5.41) is 5.03. The van der Waals surface area contributed by atoms with Gasteiger partial charge in [-0.15, -0.1) is 4.91 Å². The molecule has 4 amide bonds. The number of hydrogen-bond donors (Lipinski definition) is 2. The van der Waals surface area contributed by atoms with Crippen molar-refractivity contribution in [2.24, 2.45) is 16.8 Å². The lowest BCUT2D eigenvalue weighted by Crippen LogP contribution is -2.67. The van der Waals surface area contributed by atoms with Gasteiger partial charge >= 0.3 is 11.9 Å². The standard InChI is InChI=1S/C19H21N5O4/c1-23-8-7-13(10-15(23)20)9-14-16(17(25)22-28)24(18(14)26)19(27)21-11-12-5-3-2-4-6-12/h2-8,10,14-16H,9,11,20H2,1H3,(H,21,27)/t14-,15?,16?/m1/s1. The Hall–Kier alpha value is -3.33. The Morgan fingerprint density at radius 3 is 2.61 bits per heavy atom. The molecule has 0 aromatic heterocycles. The normalized spacial score (nSPS) is 23.7. The number of hydrogen-bond acceptors (Lipinski definition) is 6. The van der Waals surface area contributed by atoms with E-state index in [0.717, 1.165) is 16.0 Å². The van der Waals surface area contributed by atoms with E-state index in [1.165, 1.54) is 0 Å². The maximum Gasteiger partial charge on any atom is 0.325 e. The number of nitrogens with two attached hydrogens (primary N) is 1. The third-order valence-electron chi connectivity index (χ3n) is 4.90. The van der Waals surface area contributed by atoms with E-state index in [-0.39, 0.29) is 19.1 Å². The van der Waals surface area contributed by atoms with Crippen molar-refractivity contribution in [1.82, 2.24) is 15.1 Å². The first-order valence-electron chi connectivity index (χ1n) is 8.81. The van der Waals surface area contributed by atoms with Gasteiger partial charge in [0.15, 0.2) is 0 Å². The number of nitrogens with one attached hydrogen (secondary N) is 1. The van der Waals surface area contributed by atoms with Gasteiger partial charge in [0.2, 0.25) is 5.91 Å². The minimum Gasteiger partial charge on any atom is -0.362 e. The van der Waals surface area contributed by atoms with E-state index in [1.807, 2.05) is 37.4 Å². The van der Waals surface area contributed by atoms with Crippen LogP contribution in [0.2, 0.25) is 0 Å². The average Bonchev–Trinajstić information content (AvgIpc) is 2.71. The largest absolute Gasteiger partial charge is 0.362 e. The van der Waals surface area contributed by atoms with Crippen molar-refractivity contribution in [2.45, 2.75) is 25.2 Å². The van der Waals surface area contributed by atoms with Crippen molar-refractivity contribution in [3.05, 3.63) is 64.7 Å². The molecular weight excluding hydrogens is 362 g/mol. The van der Waals surface area contributed by atoms with E-state index < -0.39 is 29.8 Å². The molecule has 2 aliphatic rings. The van der Waals surface area contributed by atoms with Crippen LogP contribution in [0.3, 0.4) is 0 Å². The smallest absolute Gasteiger partial charge is 0.325 e. The van der Waals surface area contributed by atoms with Gasteiger partial charge in [0, 0.05) is 25.0 Å². The van der Waals surface area contributed by atoms with Crippen LogP contribution in [0.25, 0.3) is 0 Å². The van der Waals surface area contributed by atoms with Crippen molar-refractivity contribution >= 4 is 17.8 Å². The fraction of sp³-hybridized carbons (Fsp3) is 0.316. The summed E-state index contributed by atoms with van der Waals surface area (Å²) in [7, 11) is 1.81. The molecule has 0 aliphatic carbocycles. The zero-order valence-corrected chi connectivity index (χ0v) is 15.3. The number of allylic oxidation sites excluding steroid dienone is 2. The van der Waals surface area contributed by atoms with E-state index in [0.29, 0.717) is 0 Å². The van der Waals surface area contributed by atoms with Gasteiger partial charge in [-0.05, 0) is 29.7 Å². The number of urea groups is 1. The Balaban J connectivity index is 1.69. The summed E-state index contributed by atoms with van der Waals surface area (Å²) in [5.74, 6) is -2.38. The van der Waals surface area contributed by atoms with E-state index in [4.69, 9.17) is 5.73 Å². The Bertz CT molecular complexity index is 851. The molecule has 9 heteroatoms. The second kappa shape index (κ2) is 8.13. The summed E-state index contributed by atoms with van der Waals surface area (Å²) in [6, 6.07) is 7.20. The number of amides is 4. The summed E-state index contributed by atoms with van der Waals surface area (Å²) in [6.07, 6.45) is 5.17. The first kappa shape index (κ1) is 19.4. The Morgan fingerprint density at radius 1 is 1.25 bits per heavy atom. The third-order valence-corrected chi connectivity index (χ3v) is 4.90. The Morgan fingerprint density at radius 2 is 1.96 bits per heavy atom. The zero-order valence-electron chi connectivity index (χ0n) is 15.3. The van der Waals surface area contributed by atoms with Crippen LogP contribution < -0.4 is 11.1 Å². The molecule has 0 bridgehead atoms. The molecule has 1 fully saturated rings. The van der Waals surface area contributed by atoms with E-state index >= 15 is 0 Å². The molecule has 1 aromatic carbocycles. The fourth-order valence-corrected chi connectivity index (χ4v) is 3.26. The van der Waals surface area contributed by atoms with Gasteiger partial charge in [0.1, 0.15) is 6.04 Å². The molecule has 28 heavy (non-hydrogen) atoms. The summed E-state index contributed by atoms with van der Waals surface area (Å²) in [4.78, 5) is 50.3. The van der Waals surface area contributed by atoms with Crippen molar-refractivity contribution in [3.63, 3.8) is 0 Å². The highest BCUT2D eigenvalue weighted by Crippen LogP contribution is 2.34. The number of nitroso groups, excluding NO2 is 1. The number of benzene rings is 1. The zero-order chi connectivity index (χ0) is 20.3. The highest BCUT2D eigenvalue weighted by atomic mass is 16.3. The third kappa shape index (κ3) is 3.84. The molecule has 146 valence electrons. The lowest BCUT2D eigenvalue weighted by molar-refractivity contribution is -0.156. The molecule has 0 spiro atoms. The average molecular weight is 383 g/mol. The van der Waals surface area contributed by atoms with Gasteiger partial charge in [0.05, 0.1) is 12.1 Å². The van der Waals surface area contributed by atoms with E-state index in [2.05, 4.69) is 10.5 Å². The molecule has 1 aromatic rings. The van der Waals surface area contributed by atoms with Gasteiger partial charge in [-0.2, -0.15) is 0 Å². The van der Waals surface area contributed by atoms with Crippen LogP contribution in [0.1, 0.15) is 12.0 Å². The fourth-order valence-electron chi connectivity index (χ4n) is 3.26. The van der Waals surface area contributed by atoms with Gasteiger partial charge in [0.25, 0.3) is 0 Å². The number of likely N-dealkylation sites (tertiary alicyclic amines) is 1. The molecule has 0 radical (unpaired) electrons. The molecule has 2 heterocycles. The lowest BCUT2D eigenvalue weighted by Gasteiger charge is -2.43. The highest BCUT2D eigenvalue weighted by molar-refractivity contribution is 6.09. The molecule has 3 rings (SSSR count). The number of nitrogens with zero attached hydrogens (tertiary/aromatic N) is 3. The van der Waals surface area contributed by atoms with Crippen LogP contribution >= 0.6 is 0 Å². The second-order valence-corrected chi connectivity index (χ2v) is 6.75. The Kier molecular flexibility index (Phi) is 5.65. The van der Waals surface area contributed by atoms with Gasteiger partial charge < -0.3 is 16.0 Å². The van der Waals surface area contributed by atoms with Crippen LogP contribution in [0.5, 0.6) is 0 Å². The molecule has 9 nitrogen and oxygen atoms in total. The predicted molar refractivity (Wildman–Crippen MR) is 101 cm³/mol. The molecular formula is C19H21N5O4. The first-order chi connectivity index (χ1) is 13.4. The van der Waals surface area contributed by atoms with Crippen LogP contribution in [-0.4, -0.2) is 46.9 Å². The second-order valence-electron chi connectivity index (χ2n) is 6.75. The van der Waals surface area contributed by atoms with Crippen molar-refractivity contribution < 1.29 is 14.4 Å². The number of β-lactam (4-membered cyclic amide) rings is 1. The van der Waals surface area contributed by atoms with Gasteiger partial charge in [-0.3, -0.25) is 14.5 Å². The molecule has 3 N–H and O–H groups in total. The van der Waals surface area contributed by atoms with Crippen LogP contribution in [0.4, 0.5) is 4.79 Å². The quantitative estimate of drug-likeness (QED) is 0.579. The topological polar surface area (TPSA) is 125 Å². The maximum atomic E-state index is 12.5. The number of imide groups is 1. The first-order valence-corrected chi connectivity index (χ1v) is 8.81. The van der Waals surface area contributed by atoms with Gasteiger partial charge in [-0.1, -0.05) is 30.3 Å². The number of rotatable bonds is 5. The maximum absolute atomic E-state index is 12.5. The monoisotopic (exact) mass is 383 g/mol. The van der Waals surface area contributed by atoms with Crippen LogP contribution in [-0.2, 0) is 16.1 Å². The van der Waals surface area contributed by atoms with E-state index in [1.54, 1.807) is 23.3 Å². The molecule has 0 saturated carbocycles. The van der Waals surface area contributed by atoms with Crippen molar-refractivity contribution in [2.75, 3.05) is 7.05 Å². The summed E-state index contributed by atoms with van der Waals surface area (Å²) >= 11 is 0. The number of carbonyl (C=O) groups is 3. The highest BCUT2D eigenvalue weighted by Gasteiger charge is 2.55. The lowest BCUT2D eigenvalue weighted by atomic mass is 9.81. The summed E-state index contributed by atoms with van der Waals surface area (Å²) in [6.45, 7) is 0.193. The summed E-state index contributed by atoms with van der Waals surface area (Å²) in [5.41, 5.74) is 7.53.